The van der Waals surface area contributed by atoms with Gasteiger partial charge in [-0.15, -0.1) is 0 Å². The third kappa shape index (κ3) is 4.77. The summed E-state index contributed by atoms with van der Waals surface area (Å²) in [6.07, 6.45) is 4.93. The molecule has 2 nitrogen and oxygen atoms in total. The molecule has 0 aliphatic heterocycles. The first kappa shape index (κ1) is 9.92. The van der Waals surface area contributed by atoms with E-state index in [9.17, 15) is 0 Å². The molecule has 62 valence electrons. The first-order chi connectivity index (χ1) is 4.85. The minimum atomic E-state index is 0.657. The zero-order chi connectivity index (χ0) is 7.82. The molecule has 10 heavy (non-hydrogen) atoms. The standard InChI is InChI=1S/C8H19NO/c1-3-5-6-8(4-2)7-9-10/h8-10H,3-7H2,1-2H3. The van der Waals surface area contributed by atoms with Gasteiger partial charge in [0.25, 0.3) is 0 Å². The van der Waals surface area contributed by atoms with E-state index in [1.54, 1.807) is 0 Å². The average Bonchev–Trinajstić information content (AvgIpc) is 1.98. The van der Waals surface area contributed by atoms with E-state index in [4.69, 9.17) is 5.21 Å². The molecule has 0 fully saturated rings. The van der Waals surface area contributed by atoms with Crippen molar-refractivity contribution >= 4 is 0 Å². The molecule has 2 N–H and O–H groups in total. The third-order valence-electron chi connectivity index (χ3n) is 1.92. The maximum absolute atomic E-state index is 8.42. The zero-order valence-electron chi connectivity index (χ0n) is 7.06. The number of hydroxylamine groups is 1. The van der Waals surface area contributed by atoms with Crippen molar-refractivity contribution < 1.29 is 5.21 Å². The molecule has 0 aromatic rings. The van der Waals surface area contributed by atoms with Gasteiger partial charge in [-0.1, -0.05) is 33.1 Å². The van der Waals surface area contributed by atoms with Gasteiger partial charge in [0.15, 0.2) is 0 Å². The van der Waals surface area contributed by atoms with Gasteiger partial charge in [0.1, 0.15) is 0 Å². The molecule has 1 atom stereocenters. The van der Waals surface area contributed by atoms with Gasteiger partial charge in [-0.3, -0.25) is 0 Å². The van der Waals surface area contributed by atoms with E-state index in [-0.39, 0.29) is 0 Å². The van der Waals surface area contributed by atoms with E-state index >= 15 is 0 Å². The van der Waals surface area contributed by atoms with Crippen molar-refractivity contribution in [3.63, 3.8) is 0 Å². The first-order valence-corrected chi connectivity index (χ1v) is 4.22. The summed E-state index contributed by atoms with van der Waals surface area (Å²) < 4.78 is 0. The van der Waals surface area contributed by atoms with E-state index in [2.05, 4.69) is 19.3 Å². The van der Waals surface area contributed by atoms with Crippen LogP contribution < -0.4 is 5.48 Å². The van der Waals surface area contributed by atoms with Crippen LogP contribution >= 0.6 is 0 Å². The normalized spacial score (nSPS) is 13.5. The van der Waals surface area contributed by atoms with Crippen LogP contribution in [0, 0.1) is 5.92 Å². The molecule has 0 radical (unpaired) electrons. The highest BCUT2D eigenvalue weighted by molar-refractivity contribution is 4.56. The summed E-state index contributed by atoms with van der Waals surface area (Å²) in [6.45, 7) is 5.10. The summed E-state index contributed by atoms with van der Waals surface area (Å²) >= 11 is 0. The lowest BCUT2D eigenvalue weighted by atomic mass is 10.00. The van der Waals surface area contributed by atoms with Crippen LogP contribution in [0.5, 0.6) is 0 Å². The van der Waals surface area contributed by atoms with Crippen molar-refractivity contribution in [2.45, 2.75) is 39.5 Å². The van der Waals surface area contributed by atoms with Crippen molar-refractivity contribution in [2.24, 2.45) is 5.92 Å². The van der Waals surface area contributed by atoms with Crippen LogP contribution in [0.3, 0.4) is 0 Å². The predicted octanol–water partition coefficient (Wildman–Crippen LogP) is 2.18. The second-order valence-corrected chi connectivity index (χ2v) is 2.78. The maximum atomic E-state index is 8.42. The molecule has 0 aromatic carbocycles. The molecule has 0 saturated heterocycles. The predicted molar refractivity (Wildman–Crippen MR) is 43.1 cm³/mol. The second kappa shape index (κ2) is 7.03. The zero-order valence-corrected chi connectivity index (χ0v) is 7.06. The molecule has 0 aliphatic rings. The van der Waals surface area contributed by atoms with E-state index in [1.807, 2.05) is 0 Å². The van der Waals surface area contributed by atoms with Crippen molar-refractivity contribution in [1.82, 2.24) is 5.48 Å². The maximum Gasteiger partial charge on any atom is 0.0235 e. The fourth-order valence-electron chi connectivity index (χ4n) is 1.07. The Balaban J connectivity index is 3.21. The molecule has 0 rings (SSSR count). The van der Waals surface area contributed by atoms with Gasteiger partial charge in [0.2, 0.25) is 0 Å². The molecule has 0 heterocycles. The van der Waals surface area contributed by atoms with Crippen LogP contribution in [0.15, 0.2) is 0 Å². The minimum absolute atomic E-state index is 0.657. The molecular formula is C8H19NO. The van der Waals surface area contributed by atoms with E-state index in [1.165, 1.54) is 19.3 Å². The van der Waals surface area contributed by atoms with Crippen LogP contribution in [0.4, 0.5) is 0 Å². The van der Waals surface area contributed by atoms with Crippen LogP contribution in [0.2, 0.25) is 0 Å². The van der Waals surface area contributed by atoms with Crippen LogP contribution in [-0.4, -0.2) is 11.8 Å². The van der Waals surface area contributed by atoms with Crippen molar-refractivity contribution in [3.05, 3.63) is 0 Å². The summed E-state index contributed by atoms with van der Waals surface area (Å²) in [4.78, 5) is 0. The van der Waals surface area contributed by atoms with Gasteiger partial charge in [-0.25, -0.2) is 5.48 Å². The molecule has 0 spiro atoms. The average molecular weight is 145 g/mol. The molecule has 0 saturated carbocycles. The Morgan fingerprint density at radius 1 is 1.40 bits per heavy atom. The fourth-order valence-corrected chi connectivity index (χ4v) is 1.07. The lowest BCUT2D eigenvalue weighted by Gasteiger charge is -2.11. The highest BCUT2D eigenvalue weighted by Crippen LogP contribution is 2.10. The first-order valence-electron chi connectivity index (χ1n) is 4.22. The van der Waals surface area contributed by atoms with Crippen molar-refractivity contribution in [1.29, 1.82) is 0 Å². The van der Waals surface area contributed by atoms with Gasteiger partial charge in [-0.05, 0) is 12.3 Å². The number of unbranched alkanes of at least 4 members (excludes halogenated alkanes) is 1. The Hall–Kier alpha value is -0.0800. The molecule has 0 bridgehead atoms. The Kier molecular flexibility index (Phi) is 6.98. The van der Waals surface area contributed by atoms with E-state index < -0.39 is 0 Å². The fraction of sp³-hybridized carbons (Fsp3) is 1.00. The Labute approximate surface area is 63.6 Å². The number of rotatable bonds is 6. The Morgan fingerprint density at radius 3 is 2.50 bits per heavy atom. The number of nitrogens with one attached hydrogen (secondary N) is 1. The van der Waals surface area contributed by atoms with Crippen molar-refractivity contribution in [3.8, 4) is 0 Å². The molecule has 0 aromatic heterocycles. The smallest absolute Gasteiger partial charge is 0.0235 e. The van der Waals surface area contributed by atoms with Crippen LogP contribution in [0.25, 0.3) is 0 Å². The van der Waals surface area contributed by atoms with Gasteiger partial charge >= 0.3 is 0 Å². The van der Waals surface area contributed by atoms with Gasteiger partial charge in [0.05, 0.1) is 0 Å². The molecular weight excluding hydrogens is 126 g/mol. The van der Waals surface area contributed by atoms with Gasteiger partial charge in [0, 0.05) is 6.54 Å². The quantitative estimate of drug-likeness (QED) is 0.561. The third-order valence-corrected chi connectivity index (χ3v) is 1.92. The van der Waals surface area contributed by atoms with Crippen LogP contribution in [0.1, 0.15) is 39.5 Å². The van der Waals surface area contributed by atoms with Gasteiger partial charge in [-0.2, -0.15) is 0 Å². The molecule has 1 unspecified atom stereocenters. The Morgan fingerprint density at radius 2 is 2.10 bits per heavy atom. The van der Waals surface area contributed by atoms with Crippen LogP contribution in [-0.2, 0) is 0 Å². The number of hydrogen-bond acceptors (Lipinski definition) is 2. The van der Waals surface area contributed by atoms with Crippen molar-refractivity contribution in [2.75, 3.05) is 6.54 Å². The second-order valence-electron chi connectivity index (χ2n) is 2.78. The summed E-state index contributed by atoms with van der Waals surface area (Å²) in [5.41, 5.74) is 2.23. The molecule has 0 aliphatic carbocycles. The lowest BCUT2D eigenvalue weighted by Crippen LogP contribution is -2.18. The van der Waals surface area contributed by atoms with E-state index in [0.717, 1.165) is 13.0 Å². The largest absolute Gasteiger partial charge is 0.317 e. The monoisotopic (exact) mass is 145 g/mol. The molecule has 2 heteroatoms. The highest BCUT2D eigenvalue weighted by atomic mass is 16.5. The summed E-state index contributed by atoms with van der Waals surface area (Å²) in [5, 5.41) is 8.42. The summed E-state index contributed by atoms with van der Waals surface area (Å²) in [6, 6.07) is 0. The molecule has 0 amide bonds. The highest BCUT2D eigenvalue weighted by Gasteiger charge is 2.03. The van der Waals surface area contributed by atoms with Gasteiger partial charge < -0.3 is 5.21 Å². The summed E-state index contributed by atoms with van der Waals surface area (Å²) in [7, 11) is 0. The summed E-state index contributed by atoms with van der Waals surface area (Å²) in [5.74, 6) is 0.657. The number of hydrogen-bond donors (Lipinski definition) is 2. The SMILES string of the molecule is CCCCC(CC)CNO. The minimum Gasteiger partial charge on any atom is -0.317 e. The lowest BCUT2D eigenvalue weighted by molar-refractivity contribution is 0.144. The Bertz CT molecular complexity index is 66.3. The van der Waals surface area contributed by atoms with E-state index in [0.29, 0.717) is 5.92 Å². The topological polar surface area (TPSA) is 32.3 Å².